The fraction of sp³-hybridized carbons (Fsp3) is 0.194. The summed E-state index contributed by atoms with van der Waals surface area (Å²) in [6.07, 6.45) is -21.1. The van der Waals surface area contributed by atoms with Crippen molar-refractivity contribution in [3.05, 3.63) is 134 Å². The van der Waals surface area contributed by atoms with Crippen LogP contribution in [0, 0.1) is 17.5 Å². The summed E-state index contributed by atoms with van der Waals surface area (Å²) in [7, 11) is 0. The zero-order valence-electron chi connectivity index (χ0n) is 23.4. The number of amides is 1. The fourth-order valence-electron chi connectivity index (χ4n) is 4.70. The highest BCUT2D eigenvalue weighted by atomic mass is 79.9. The molecule has 0 saturated heterocycles. The first-order valence-electron chi connectivity index (χ1n) is 13.1. The van der Waals surface area contributed by atoms with Crippen LogP contribution in [-0.2, 0) is 24.3 Å². The molecule has 1 N–H and O–H groups in total. The lowest BCUT2D eigenvalue weighted by Crippen LogP contribution is -2.49. The predicted octanol–water partition coefficient (Wildman–Crippen LogP) is 10.1. The Balaban J connectivity index is 2.06. The quantitative estimate of drug-likeness (QED) is 0.173. The molecule has 0 aliphatic heterocycles. The number of ether oxygens (including phenoxy) is 1. The number of benzene rings is 4. The smallest absolute Gasteiger partial charge is 0.428 e. The molecule has 48 heavy (non-hydrogen) atoms. The highest BCUT2D eigenvalue weighted by Gasteiger charge is 2.45. The van der Waals surface area contributed by atoms with E-state index in [2.05, 4.69) is 26.0 Å². The van der Waals surface area contributed by atoms with Crippen molar-refractivity contribution in [2.24, 2.45) is 0 Å². The summed E-state index contributed by atoms with van der Waals surface area (Å²) in [4.78, 5) is 13.6. The van der Waals surface area contributed by atoms with Gasteiger partial charge in [-0.1, -0.05) is 34.1 Å². The maximum absolute atomic E-state index is 15.0. The minimum atomic E-state index is -5.39. The number of nitrogens with one attached hydrogen (secondary N) is 1. The van der Waals surface area contributed by atoms with Gasteiger partial charge in [0.05, 0.1) is 16.7 Å². The highest BCUT2D eigenvalue weighted by molar-refractivity contribution is 9.10. The van der Waals surface area contributed by atoms with E-state index < -0.39 is 93.8 Å². The SMILES string of the molecule is O=C(NC(Cc1ccc(Br)cc1)(c1cc(F)cc(OC(F)(F)C(F)F)c1)c1ccc(F)c(C(F)(F)F)c1)c1ccc(F)c(C(F)(F)F)c1. The van der Waals surface area contributed by atoms with Crippen LogP contribution >= 0.6 is 15.9 Å². The summed E-state index contributed by atoms with van der Waals surface area (Å²) in [6, 6.07) is 8.78. The van der Waals surface area contributed by atoms with E-state index in [4.69, 9.17) is 0 Å². The van der Waals surface area contributed by atoms with E-state index in [1.54, 1.807) is 0 Å². The van der Waals surface area contributed by atoms with Crippen molar-refractivity contribution in [1.29, 1.82) is 0 Å². The molecule has 0 heterocycles. The maximum atomic E-state index is 15.0. The van der Waals surface area contributed by atoms with Crippen molar-refractivity contribution < 1.29 is 66.6 Å². The molecular formula is C31H17BrF13NO2. The van der Waals surface area contributed by atoms with Crippen LogP contribution < -0.4 is 10.1 Å². The number of hydrogen-bond donors (Lipinski definition) is 1. The van der Waals surface area contributed by atoms with Crippen molar-refractivity contribution in [3.63, 3.8) is 0 Å². The van der Waals surface area contributed by atoms with Crippen LogP contribution in [-0.4, -0.2) is 18.4 Å². The molecule has 256 valence electrons. The molecule has 3 nitrogen and oxygen atoms in total. The molecule has 1 unspecified atom stereocenters. The maximum Gasteiger partial charge on any atom is 0.461 e. The lowest BCUT2D eigenvalue weighted by molar-refractivity contribution is -0.253. The number of rotatable bonds is 9. The largest absolute Gasteiger partial charge is 0.461 e. The van der Waals surface area contributed by atoms with Gasteiger partial charge in [-0.3, -0.25) is 4.79 Å². The normalized spacial score (nSPS) is 13.7. The summed E-state index contributed by atoms with van der Waals surface area (Å²) >= 11 is 3.15. The lowest BCUT2D eigenvalue weighted by atomic mass is 9.77. The second kappa shape index (κ2) is 13.3. The van der Waals surface area contributed by atoms with Crippen molar-refractivity contribution in [2.45, 2.75) is 36.8 Å². The Morgan fingerprint density at radius 3 is 1.83 bits per heavy atom. The molecule has 17 heteroatoms. The lowest BCUT2D eigenvalue weighted by Gasteiger charge is -2.37. The molecule has 0 spiro atoms. The third-order valence-electron chi connectivity index (χ3n) is 6.88. The Labute approximate surface area is 270 Å². The molecule has 0 radical (unpaired) electrons. The predicted molar refractivity (Wildman–Crippen MR) is 147 cm³/mol. The fourth-order valence-corrected chi connectivity index (χ4v) is 4.96. The molecule has 4 rings (SSSR count). The van der Waals surface area contributed by atoms with E-state index in [9.17, 15) is 57.5 Å². The molecule has 4 aromatic rings. The van der Waals surface area contributed by atoms with Gasteiger partial charge in [0.2, 0.25) is 0 Å². The van der Waals surface area contributed by atoms with Crippen molar-refractivity contribution in [1.82, 2.24) is 5.32 Å². The van der Waals surface area contributed by atoms with E-state index in [1.165, 1.54) is 24.3 Å². The topological polar surface area (TPSA) is 38.3 Å². The number of carbonyl (C=O) groups is 1. The number of hydrogen-bond acceptors (Lipinski definition) is 2. The first kappa shape index (κ1) is 36.6. The van der Waals surface area contributed by atoms with Crippen LogP contribution in [0.1, 0.15) is 38.2 Å². The van der Waals surface area contributed by atoms with Crippen LogP contribution in [0.4, 0.5) is 57.1 Å². The van der Waals surface area contributed by atoms with E-state index in [0.717, 1.165) is 0 Å². The summed E-state index contributed by atoms with van der Waals surface area (Å²) < 4.78 is 184. The minimum Gasteiger partial charge on any atom is -0.428 e. The third-order valence-corrected chi connectivity index (χ3v) is 7.41. The first-order chi connectivity index (χ1) is 22.1. The summed E-state index contributed by atoms with van der Waals surface area (Å²) in [5, 5.41) is 2.19. The Bertz CT molecular complexity index is 1810. The molecule has 0 aromatic heterocycles. The van der Waals surface area contributed by atoms with Gasteiger partial charge >= 0.3 is 24.9 Å². The van der Waals surface area contributed by atoms with Crippen LogP contribution in [0.5, 0.6) is 5.75 Å². The van der Waals surface area contributed by atoms with E-state index in [-0.39, 0.29) is 29.8 Å². The summed E-state index contributed by atoms with van der Waals surface area (Å²) in [5.74, 6) is -7.95. The van der Waals surface area contributed by atoms with E-state index in [0.29, 0.717) is 34.8 Å². The van der Waals surface area contributed by atoms with E-state index >= 15 is 4.39 Å². The van der Waals surface area contributed by atoms with Gasteiger partial charge in [-0.2, -0.15) is 43.9 Å². The van der Waals surface area contributed by atoms with Crippen LogP contribution in [0.2, 0.25) is 0 Å². The monoisotopic (exact) mass is 761 g/mol. The van der Waals surface area contributed by atoms with Gasteiger partial charge in [0.1, 0.15) is 23.2 Å². The second-order valence-electron chi connectivity index (χ2n) is 10.2. The molecular weight excluding hydrogens is 745 g/mol. The minimum absolute atomic E-state index is 0.0736. The average Bonchev–Trinajstić information content (AvgIpc) is 2.96. The Kier molecular flexibility index (Phi) is 10.1. The Hall–Kier alpha value is -4.28. The van der Waals surface area contributed by atoms with Crippen molar-refractivity contribution in [3.8, 4) is 5.75 Å². The third kappa shape index (κ3) is 8.05. The van der Waals surface area contributed by atoms with Gasteiger partial charge in [-0.25, -0.2) is 13.2 Å². The summed E-state index contributed by atoms with van der Waals surface area (Å²) in [6.45, 7) is 0. The molecule has 0 aliphatic rings. The number of carbonyl (C=O) groups excluding carboxylic acids is 1. The Morgan fingerprint density at radius 2 is 1.27 bits per heavy atom. The van der Waals surface area contributed by atoms with Crippen LogP contribution in [0.25, 0.3) is 0 Å². The van der Waals surface area contributed by atoms with Gasteiger partial charge in [-0.15, -0.1) is 0 Å². The van der Waals surface area contributed by atoms with Gasteiger partial charge < -0.3 is 10.1 Å². The molecule has 0 fully saturated rings. The Morgan fingerprint density at radius 1 is 0.708 bits per heavy atom. The summed E-state index contributed by atoms with van der Waals surface area (Å²) in [5.41, 5.74) is -8.75. The van der Waals surface area contributed by atoms with Crippen LogP contribution in [0.15, 0.2) is 83.3 Å². The zero-order valence-corrected chi connectivity index (χ0v) is 25.0. The number of halogens is 14. The average molecular weight is 762 g/mol. The van der Waals surface area contributed by atoms with Crippen LogP contribution in [0.3, 0.4) is 0 Å². The molecule has 0 aliphatic carbocycles. The highest BCUT2D eigenvalue weighted by Crippen LogP contribution is 2.41. The van der Waals surface area contributed by atoms with Gasteiger partial charge in [0.15, 0.2) is 0 Å². The molecule has 0 saturated carbocycles. The van der Waals surface area contributed by atoms with Crippen molar-refractivity contribution >= 4 is 21.8 Å². The molecule has 1 atom stereocenters. The molecule has 1 amide bonds. The zero-order chi connectivity index (χ0) is 35.8. The van der Waals surface area contributed by atoms with Gasteiger partial charge in [-0.05, 0) is 71.3 Å². The standard InChI is InChI=1S/C31H17BrF13NO2/c32-19-5-1-15(2-6-19)14-28(17-4-8-25(35)23(12-17)30(41,42)43,18-10-20(33)13-21(11-18)48-31(44,45)27(36)37)46-26(47)16-3-7-24(34)22(9-16)29(38,39)40/h1-13,27H,14H2,(H,46,47). The first-order valence-corrected chi connectivity index (χ1v) is 13.9. The van der Waals surface area contributed by atoms with Crippen molar-refractivity contribution in [2.75, 3.05) is 0 Å². The molecule has 0 bridgehead atoms. The second-order valence-corrected chi connectivity index (χ2v) is 11.1. The van der Waals surface area contributed by atoms with E-state index in [1.807, 2.05) is 0 Å². The number of alkyl halides is 10. The van der Waals surface area contributed by atoms with Gasteiger partial charge in [0, 0.05) is 22.5 Å². The molecule has 4 aromatic carbocycles. The van der Waals surface area contributed by atoms with Gasteiger partial charge in [0.25, 0.3) is 5.91 Å².